The average Bonchev–Trinajstić information content (AvgIpc) is 2.81. The van der Waals surface area contributed by atoms with Crippen molar-refractivity contribution in [3.8, 4) is 0 Å². The van der Waals surface area contributed by atoms with Crippen molar-refractivity contribution in [2.75, 3.05) is 13.2 Å². The zero-order chi connectivity index (χ0) is 11.0. The van der Waals surface area contributed by atoms with E-state index in [4.69, 9.17) is 4.74 Å². The standard InChI is InChI=1S/C14H24NO/c1-10-9-16-6-5-14(10)15-13-7-11-3-2-4-12(11)8-13/h10-11,13-15H,2-9H2,1H3/t10-,11-,13+,14-/m1/s1. The molecule has 0 bridgehead atoms. The first-order valence-electron chi connectivity index (χ1n) is 7.01. The Labute approximate surface area is 99.1 Å². The average molecular weight is 222 g/mol. The molecular weight excluding hydrogens is 198 g/mol. The molecule has 3 rings (SSSR count). The lowest BCUT2D eigenvalue weighted by Gasteiger charge is -2.32. The number of fused-ring (bicyclic) bond motifs is 1. The van der Waals surface area contributed by atoms with Crippen LogP contribution in [0.3, 0.4) is 0 Å². The van der Waals surface area contributed by atoms with Crippen molar-refractivity contribution in [3.63, 3.8) is 0 Å². The highest BCUT2D eigenvalue weighted by molar-refractivity contribution is 5.11. The van der Waals surface area contributed by atoms with E-state index in [0.29, 0.717) is 12.0 Å². The number of rotatable bonds is 2. The van der Waals surface area contributed by atoms with E-state index in [9.17, 15) is 0 Å². The van der Waals surface area contributed by atoms with Crippen LogP contribution in [0.4, 0.5) is 0 Å². The van der Waals surface area contributed by atoms with Gasteiger partial charge in [0.15, 0.2) is 0 Å². The van der Waals surface area contributed by atoms with Gasteiger partial charge in [0.2, 0.25) is 0 Å². The number of ether oxygens (including phenoxy) is 1. The highest BCUT2D eigenvalue weighted by Gasteiger charge is 2.38. The summed E-state index contributed by atoms with van der Waals surface area (Å²) in [4.78, 5) is 0. The minimum absolute atomic E-state index is 0.694. The molecule has 1 aliphatic heterocycles. The molecular formula is C14H24NO. The van der Waals surface area contributed by atoms with Crippen LogP contribution in [0.15, 0.2) is 0 Å². The molecule has 0 spiro atoms. The lowest BCUT2D eigenvalue weighted by Crippen LogP contribution is -2.45. The maximum Gasteiger partial charge on any atom is 0.0506 e. The third-order valence-corrected chi connectivity index (χ3v) is 4.80. The summed E-state index contributed by atoms with van der Waals surface area (Å²) in [5.74, 6) is 3.55. The van der Waals surface area contributed by atoms with Gasteiger partial charge in [-0.25, -0.2) is 0 Å². The third kappa shape index (κ3) is 2.14. The first-order chi connectivity index (χ1) is 7.83. The summed E-state index contributed by atoms with van der Waals surface area (Å²) in [7, 11) is 0. The molecule has 0 aromatic carbocycles. The SMILES string of the molecule is C[C@@H]1COCC[C@H]1N[C@@H]1C[C]2CCC[C@@H]2C1. The Hall–Kier alpha value is -0.0800. The summed E-state index contributed by atoms with van der Waals surface area (Å²) in [6, 6.07) is 1.49. The van der Waals surface area contributed by atoms with Crippen LogP contribution >= 0.6 is 0 Å². The normalized spacial score (nSPS) is 44.8. The Morgan fingerprint density at radius 2 is 2.25 bits per heavy atom. The van der Waals surface area contributed by atoms with Crippen LogP contribution in [0, 0.1) is 17.8 Å². The molecule has 1 N–H and O–H groups in total. The largest absolute Gasteiger partial charge is 0.381 e. The van der Waals surface area contributed by atoms with Crippen LogP contribution < -0.4 is 5.32 Å². The van der Waals surface area contributed by atoms with E-state index in [1.54, 1.807) is 0 Å². The Kier molecular flexibility index (Phi) is 3.21. The maximum absolute atomic E-state index is 5.51. The predicted molar refractivity (Wildman–Crippen MR) is 65.1 cm³/mol. The number of nitrogens with one attached hydrogen (secondary N) is 1. The number of hydrogen-bond acceptors (Lipinski definition) is 2. The van der Waals surface area contributed by atoms with E-state index in [1.807, 2.05) is 5.92 Å². The molecule has 2 saturated carbocycles. The lowest BCUT2D eigenvalue weighted by molar-refractivity contribution is 0.0358. The third-order valence-electron chi connectivity index (χ3n) is 4.80. The van der Waals surface area contributed by atoms with E-state index in [2.05, 4.69) is 12.2 Å². The molecule has 1 saturated heterocycles. The van der Waals surface area contributed by atoms with Crippen LogP contribution in [0.5, 0.6) is 0 Å². The smallest absolute Gasteiger partial charge is 0.0506 e. The molecule has 2 heteroatoms. The van der Waals surface area contributed by atoms with Gasteiger partial charge >= 0.3 is 0 Å². The van der Waals surface area contributed by atoms with Gasteiger partial charge in [-0.1, -0.05) is 13.3 Å². The first kappa shape index (κ1) is 11.0. The Morgan fingerprint density at radius 1 is 1.31 bits per heavy atom. The van der Waals surface area contributed by atoms with Gasteiger partial charge in [0.25, 0.3) is 0 Å². The molecule has 0 unspecified atom stereocenters. The van der Waals surface area contributed by atoms with Gasteiger partial charge in [0.1, 0.15) is 0 Å². The molecule has 4 atom stereocenters. The summed E-state index contributed by atoms with van der Waals surface area (Å²) in [5, 5.41) is 3.90. The number of hydrogen-bond donors (Lipinski definition) is 1. The molecule has 2 nitrogen and oxygen atoms in total. The Balaban J connectivity index is 1.51. The Bertz CT molecular complexity index is 231. The molecule has 0 amide bonds. The van der Waals surface area contributed by atoms with E-state index in [1.165, 1.54) is 38.5 Å². The molecule has 0 aromatic rings. The quantitative estimate of drug-likeness (QED) is 0.775. The maximum atomic E-state index is 5.51. The topological polar surface area (TPSA) is 21.3 Å². The second kappa shape index (κ2) is 4.66. The van der Waals surface area contributed by atoms with Crippen LogP contribution in [-0.4, -0.2) is 25.3 Å². The van der Waals surface area contributed by atoms with Gasteiger partial charge in [-0.05, 0) is 49.9 Å². The van der Waals surface area contributed by atoms with E-state index in [0.717, 1.165) is 25.2 Å². The molecule has 3 fully saturated rings. The highest BCUT2D eigenvalue weighted by atomic mass is 16.5. The van der Waals surface area contributed by atoms with Gasteiger partial charge in [-0.2, -0.15) is 0 Å². The van der Waals surface area contributed by atoms with Gasteiger partial charge in [0, 0.05) is 18.7 Å². The van der Waals surface area contributed by atoms with Gasteiger partial charge in [-0.15, -0.1) is 0 Å². The van der Waals surface area contributed by atoms with Crippen LogP contribution in [-0.2, 0) is 4.74 Å². The van der Waals surface area contributed by atoms with Crippen molar-refractivity contribution in [1.29, 1.82) is 0 Å². The van der Waals surface area contributed by atoms with Crippen LogP contribution in [0.1, 0.15) is 45.4 Å². The molecule has 91 valence electrons. The fourth-order valence-electron chi connectivity index (χ4n) is 3.84. The minimum Gasteiger partial charge on any atom is -0.381 e. The molecule has 0 aromatic heterocycles. The minimum atomic E-state index is 0.694. The van der Waals surface area contributed by atoms with Gasteiger partial charge in [0.05, 0.1) is 6.61 Å². The van der Waals surface area contributed by atoms with Crippen LogP contribution in [0.2, 0.25) is 0 Å². The molecule has 1 heterocycles. The monoisotopic (exact) mass is 222 g/mol. The fraction of sp³-hybridized carbons (Fsp3) is 0.929. The zero-order valence-corrected chi connectivity index (χ0v) is 10.4. The first-order valence-corrected chi connectivity index (χ1v) is 7.01. The van der Waals surface area contributed by atoms with Crippen molar-refractivity contribution in [1.82, 2.24) is 5.32 Å². The summed E-state index contributed by atoms with van der Waals surface area (Å²) in [6.07, 6.45) is 8.34. The summed E-state index contributed by atoms with van der Waals surface area (Å²) in [5.41, 5.74) is 0. The van der Waals surface area contributed by atoms with Crippen molar-refractivity contribution in [2.45, 2.75) is 57.5 Å². The summed E-state index contributed by atoms with van der Waals surface area (Å²) in [6.45, 7) is 4.22. The van der Waals surface area contributed by atoms with Crippen molar-refractivity contribution in [3.05, 3.63) is 5.92 Å². The fourth-order valence-corrected chi connectivity index (χ4v) is 3.84. The van der Waals surface area contributed by atoms with Gasteiger partial charge in [-0.3, -0.25) is 0 Å². The molecule has 1 radical (unpaired) electrons. The van der Waals surface area contributed by atoms with Gasteiger partial charge < -0.3 is 10.1 Å². The second-order valence-electron chi connectivity index (χ2n) is 6.00. The van der Waals surface area contributed by atoms with E-state index in [-0.39, 0.29) is 0 Å². The predicted octanol–water partition coefficient (Wildman–Crippen LogP) is 2.54. The summed E-state index contributed by atoms with van der Waals surface area (Å²) < 4.78 is 5.51. The Morgan fingerprint density at radius 3 is 3.06 bits per heavy atom. The van der Waals surface area contributed by atoms with Crippen molar-refractivity contribution < 1.29 is 4.74 Å². The van der Waals surface area contributed by atoms with E-state index >= 15 is 0 Å². The molecule has 3 aliphatic rings. The van der Waals surface area contributed by atoms with Crippen molar-refractivity contribution in [2.24, 2.45) is 11.8 Å². The molecule has 2 aliphatic carbocycles. The van der Waals surface area contributed by atoms with Crippen LogP contribution in [0.25, 0.3) is 0 Å². The zero-order valence-electron chi connectivity index (χ0n) is 10.4. The highest BCUT2D eigenvalue weighted by Crippen LogP contribution is 2.45. The van der Waals surface area contributed by atoms with E-state index < -0.39 is 0 Å². The second-order valence-corrected chi connectivity index (χ2v) is 6.00. The summed E-state index contributed by atoms with van der Waals surface area (Å²) >= 11 is 0. The van der Waals surface area contributed by atoms with Crippen molar-refractivity contribution >= 4 is 0 Å². The molecule has 16 heavy (non-hydrogen) atoms. The lowest BCUT2D eigenvalue weighted by atomic mass is 9.96.